The van der Waals surface area contributed by atoms with Gasteiger partial charge in [0.1, 0.15) is 5.54 Å². The molecule has 2 atom stereocenters. The quantitative estimate of drug-likeness (QED) is 0.849. The normalized spacial score (nSPS) is 15.1. The molecule has 1 aromatic rings. The lowest BCUT2D eigenvalue weighted by molar-refractivity contribution is -0.122. The molecule has 2 N–H and O–H groups in total. The number of halogens is 1. The maximum absolute atomic E-state index is 12.0. The van der Waals surface area contributed by atoms with Gasteiger partial charge in [-0.1, -0.05) is 37.6 Å². The van der Waals surface area contributed by atoms with Gasteiger partial charge in [0.15, 0.2) is 0 Å². The van der Waals surface area contributed by atoms with E-state index in [1.807, 2.05) is 45.0 Å². The average molecular weight is 308 g/mol. The molecule has 21 heavy (non-hydrogen) atoms. The lowest BCUT2D eigenvalue weighted by Gasteiger charge is -2.27. The van der Waals surface area contributed by atoms with Gasteiger partial charge in [-0.25, -0.2) is 0 Å². The highest BCUT2D eigenvalue weighted by Crippen LogP contribution is 2.17. The summed E-state index contributed by atoms with van der Waals surface area (Å²) in [5.74, 6) is -0.154. The Kier molecular flexibility index (Phi) is 6.19. The first-order valence-corrected chi connectivity index (χ1v) is 7.37. The van der Waals surface area contributed by atoms with E-state index in [-0.39, 0.29) is 24.4 Å². The molecule has 0 saturated carbocycles. The van der Waals surface area contributed by atoms with Crippen LogP contribution in [0.1, 0.15) is 39.3 Å². The highest BCUT2D eigenvalue weighted by Gasteiger charge is 2.29. The third-order valence-corrected chi connectivity index (χ3v) is 3.94. The summed E-state index contributed by atoms with van der Waals surface area (Å²) in [5, 5.41) is 15.8. The average Bonchev–Trinajstić information content (AvgIpc) is 2.44. The molecule has 0 radical (unpaired) electrons. The molecular weight excluding hydrogens is 286 g/mol. The molecule has 0 spiro atoms. The Morgan fingerprint density at radius 3 is 2.62 bits per heavy atom. The van der Waals surface area contributed by atoms with E-state index >= 15 is 0 Å². The Bertz CT molecular complexity index is 539. The van der Waals surface area contributed by atoms with Gasteiger partial charge >= 0.3 is 0 Å². The van der Waals surface area contributed by atoms with E-state index in [9.17, 15) is 10.1 Å². The van der Waals surface area contributed by atoms with E-state index in [2.05, 4.69) is 16.7 Å². The fraction of sp³-hybridized carbons (Fsp3) is 0.500. The summed E-state index contributed by atoms with van der Waals surface area (Å²) in [6, 6.07) is 9.67. The Hall–Kier alpha value is -1.57. The van der Waals surface area contributed by atoms with Crippen molar-refractivity contribution in [3.8, 4) is 6.07 Å². The first-order chi connectivity index (χ1) is 9.78. The fourth-order valence-electron chi connectivity index (χ4n) is 1.77. The van der Waals surface area contributed by atoms with Crippen LogP contribution in [-0.2, 0) is 4.79 Å². The molecule has 0 aromatic heterocycles. The van der Waals surface area contributed by atoms with Crippen molar-refractivity contribution < 1.29 is 4.79 Å². The lowest BCUT2D eigenvalue weighted by atomic mass is 9.90. The highest BCUT2D eigenvalue weighted by atomic mass is 35.5. The highest BCUT2D eigenvalue weighted by molar-refractivity contribution is 6.30. The third kappa shape index (κ3) is 5.04. The van der Waals surface area contributed by atoms with Crippen molar-refractivity contribution >= 4 is 17.5 Å². The molecule has 0 unspecified atom stereocenters. The van der Waals surface area contributed by atoms with E-state index in [1.165, 1.54) is 0 Å². The van der Waals surface area contributed by atoms with E-state index in [4.69, 9.17) is 11.6 Å². The summed E-state index contributed by atoms with van der Waals surface area (Å²) in [4.78, 5) is 12.0. The van der Waals surface area contributed by atoms with E-state index < -0.39 is 5.54 Å². The van der Waals surface area contributed by atoms with Gasteiger partial charge in [-0.3, -0.25) is 4.79 Å². The Morgan fingerprint density at radius 1 is 1.43 bits per heavy atom. The zero-order valence-electron chi connectivity index (χ0n) is 12.9. The number of nitriles is 1. The van der Waals surface area contributed by atoms with Gasteiger partial charge in [-0.15, -0.1) is 0 Å². The molecule has 0 saturated heterocycles. The molecule has 0 aliphatic heterocycles. The molecule has 1 aromatic carbocycles. The van der Waals surface area contributed by atoms with Crippen molar-refractivity contribution in [3.63, 3.8) is 0 Å². The van der Waals surface area contributed by atoms with Crippen molar-refractivity contribution in [1.82, 2.24) is 10.6 Å². The summed E-state index contributed by atoms with van der Waals surface area (Å²) < 4.78 is 0. The van der Waals surface area contributed by atoms with Crippen molar-refractivity contribution in [2.75, 3.05) is 6.54 Å². The monoisotopic (exact) mass is 307 g/mol. The zero-order chi connectivity index (χ0) is 16.0. The van der Waals surface area contributed by atoms with Crippen LogP contribution in [0.15, 0.2) is 24.3 Å². The molecule has 0 bridgehead atoms. The molecule has 5 heteroatoms. The second-order valence-electron chi connectivity index (χ2n) is 5.67. The first-order valence-electron chi connectivity index (χ1n) is 6.99. The molecule has 114 valence electrons. The zero-order valence-corrected chi connectivity index (χ0v) is 13.7. The molecular formula is C16H22ClN3O. The number of carbonyl (C=O) groups is 1. The van der Waals surface area contributed by atoms with Crippen LogP contribution in [0.2, 0.25) is 5.02 Å². The number of hydrogen-bond donors (Lipinski definition) is 2. The molecule has 0 aliphatic carbocycles. The first kappa shape index (κ1) is 17.5. The van der Waals surface area contributed by atoms with Crippen molar-refractivity contribution in [3.05, 3.63) is 34.9 Å². The van der Waals surface area contributed by atoms with Crippen LogP contribution < -0.4 is 10.6 Å². The second-order valence-corrected chi connectivity index (χ2v) is 6.11. The number of benzene rings is 1. The molecule has 0 heterocycles. The Balaban J connectivity index is 2.56. The predicted octanol–water partition coefficient (Wildman–Crippen LogP) is 3.05. The Morgan fingerprint density at radius 2 is 2.10 bits per heavy atom. The van der Waals surface area contributed by atoms with Crippen LogP contribution in [0, 0.1) is 17.2 Å². The fourth-order valence-corrected chi connectivity index (χ4v) is 1.97. The van der Waals surface area contributed by atoms with Gasteiger partial charge < -0.3 is 10.6 Å². The number of nitrogens with zero attached hydrogens (tertiary/aromatic N) is 1. The van der Waals surface area contributed by atoms with Crippen LogP contribution >= 0.6 is 11.6 Å². The van der Waals surface area contributed by atoms with Gasteiger partial charge in [-0.05, 0) is 37.5 Å². The van der Waals surface area contributed by atoms with Gasteiger partial charge in [0.2, 0.25) is 5.91 Å². The molecule has 4 nitrogen and oxygen atoms in total. The summed E-state index contributed by atoms with van der Waals surface area (Å²) in [5.41, 5.74) is 0.167. The van der Waals surface area contributed by atoms with Gasteiger partial charge in [0.05, 0.1) is 12.6 Å². The standard InChI is InChI=1S/C16H22ClN3O/c1-11(2)16(4,10-18)20-15(21)9-19-12(3)13-6-5-7-14(17)8-13/h5-8,11-12,19H,9H2,1-4H3,(H,20,21)/t12-,16-/m0/s1. The Labute approximate surface area is 131 Å². The van der Waals surface area contributed by atoms with Crippen LogP contribution in [0.4, 0.5) is 0 Å². The van der Waals surface area contributed by atoms with Crippen molar-refractivity contribution in [1.29, 1.82) is 5.26 Å². The van der Waals surface area contributed by atoms with Gasteiger partial charge in [-0.2, -0.15) is 5.26 Å². The van der Waals surface area contributed by atoms with E-state index in [1.54, 1.807) is 6.92 Å². The minimum atomic E-state index is -0.849. The summed E-state index contributed by atoms with van der Waals surface area (Å²) in [7, 11) is 0. The number of nitrogens with one attached hydrogen (secondary N) is 2. The molecule has 0 fully saturated rings. The van der Waals surface area contributed by atoms with Crippen LogP contribution in [-0.4, -0.2) is 18.0 Å². The second kappa shape index (κ2) is 7.44. The number of amides is 1. The maximum Gasteiger partial charge on any atom is 0.235 e. The summed E-state index contributed by atoms with van der Waals surface area (Å²) in [6.07, 6.45) is 0. The topological polar surface area (TPSA) is 64.9 Å². The maximum atomic E-state index is 12.0. The van der Waals surface area contributed by atoms with E-state index in [0.29, 0.717) is 5.02 Å². The van der Waals surface area contributed by atoms with E-state index in [0.717, 1.165) is 5.56 Å². The number of hydrogen-bond acceptors (Lipinski definition) is 3. The largest absolute Gasteiger partial charge is 0.337 e. The van der Waals surface area contributed by atoms with Gasteiger partial charge in [0.25, 0.3) is 0 Å². The predicted molar refractivity (Wildman–Crippen MR) is 84.9 cm³/mol. The summed E-state index contributed by atoms with van der Waals surface area (Å²) >= 11 is 5.95. The van der Waals surface area contributed by atoms with Gasteiger partial charge in [0, 0.05) is 11.1 Å². The van der Waals surface area contributed by atoms with Crippen LogP contribution in [0.25, 0.3) is 0 Å². The minimum Gasteiger partial charge on any atom is -0.337 e. The smallest absolute Gasteiger partial charge is 0.235 e. The number of rotatable bonds is 6. The number of carbonyl (C=O) groups excluding carboxylic acids is 1. The summed E-state index contributed by atoms with van der Waals surface area (Å²) in [6.45, 7) is 7.66. The molecule has 1 rings (SSSR count). The third-order valence-electron chi connectivity index (χ3n) is 3.70. The lowest BCUT2D eigenvalue weighted by Crippen LogP contribution is -2.51. The van der Waals surface area contributed by atoms with Crippen molar-refractivity contribution in [2.24, 2.45) is 5.92 Å². The molecule has 1 amide bonds. The van der Waals surface area contributed by atoms with Crippen molar-refractivity contribution in [2.45, 2.75) is 39.3 Å². The SMILES string of the molecule is CC(C)[C@](C)(C#N)NC(=O)CN[C@@H](C)c1cccc(Cl)c1. The van der Waals surface area contributed by atoms with Crippen LogP contribution in [0.5, 0.6) is 0 Å². The van der Waals surface area contributed by atoms with Crippen LogP contribution in [0.3, 0.4) is 0 Å². The molecule has 0 aliphatic rings. The minimum absolute atomic E-state index is 0.00171.